The largest absolute Gasteiger partial charge is 0.491 e. The molecule has 6 nitrogen and oxygen atoms in total. The Balaban J connectivity index is 1.49. The summed E-state index contributed by atoms with van der Waals surface area (Å²) in [6.07, 6.45) is 1.52. The van der Waals surface area contributed by atoms with E-state index in [-0.39, 0.29) is 5.57 Å². The molecule has 3 aromatic rings. The van der Waals surface area contributed by atoms with Gasteiger partial charge in [-0.2, -0.15) is 5.26 Å². The lowest BCUT2D eigenvalue weighted by molar-refractivity contribution is -0.117. The molecule has 0 aliphatic rings. The zero-order valence-electron chi connectivity index (χ0n) is 19.5. The molecule has 180 valence electrons. The summed E-state index contributed by atoms with van der Waals surface area (Å²) in [5.41, 5.74) is 2.75. The molecule has 1 N–H and O–H groups in total. The van der Waals surface area contributed by atoms with Gasteiger partial charge in [-0.1, -0.05) is 64.0 Å². The molecular formula is C28H27BrN2O4. The Hall–Kier alpha value is -3.60. The van der Waals surface area contributed by atoms with Gasteiger partial charge in [-0.25, -0.2) is 0 Å². The van der Waals surface area contributed by atoms with Gasteiger partial charge in [0.05, 0.1) is 13.2 Å². The van der Waals surface area contributed by atoms with Crippen LogP contribution in [0.5, 0.6) is 11.5 Å². The van der Waals surface area contributed by atoms with E-state index in [9.17, 15) is 10.1 Å². The number of hydrogen-bond donors (Lipinski definition) is 1. The molecule has 3 aromatic carbocycles. The van der Waals surface area contributed by atoms with E-state index in [0.29, 0.717) is 44.3 Å². The summed E-state index contributed by atoms with van der Waals surface area (Å²) in [6.45, 7) is 3.94. The lowest BCUT2D eigenvalue weighted by Gasteiger charge is -2.11. The summed E-state index contributed by atoms with van der Waals surface area (Å²) in [4.78, 5) is 12.5. The fourth-order valence-electron chi connectivity index (χ4n) is 3.11. The molecule has 0 heterocycles. The number of ether oxygens (including phenoxy) is 3. The minimum Gasteiger partial charge on any atom is -0.491 e. The average molecular weight is 535 g/mol. The highest BCUT2D eigenvalue weighted by Crippen LogP contribution is 2.25. The smallest absolute Gasteiger partial charge is 0.262 e. The van der Waals surface area contributed by atoms with Crippen LogP contribution in [0.3, 0.4) is 0 Å². The molecule has 0 unspecified atom stereocenters. The number of nitrogens with zero attached hydrogens (tertiary/aromatic N) is 1. The van der Waals surface area contributed by atoms with Crippen LogP contribution in [0.2, 0.25) is 0 Å². The van der Waals surface area contributed by atoms with Crippen LogP contribution in [0.1, 0.15) is 16.7 Å². The lowest BCUT2D eigenvalue weighted by atomic mass is 10.1. The second kappa shape index (κ2) is 14.0. The summed E-state index contributed by atoms with van der Waals surface area (Å²) in [5, 5.41) is 12.3. The number of nitrogens with one attached hydrogen (secondary N) is 1. The van der Waals surface area contributed by atoms with Crippen LogP contribution in [-0.2, 0) is 16.1 Å². The molecule has 0 fully saturated rings. The van der Waals surface area contributed by atoms with Crippen LogP contribution >= 0.6 is 15.9 Å². The minimum atomic E-state index is -0.445. The highest BCUT2D eigenvalue weighted by molar-refractivity contribution is 9.10. The van der Waals surface area contributed by atoms with E-state index in [1.165, 1.54) is 11.6 Å². The van der Waals surface area contributed by atoms with Crippen LogP contribution in [0.15, 0.2) is 82.8 Å². The fourth-order valence-corrected chi connectivity index (χ4v) is 3.49. The van der Waals surface area contributed by atoms with Gasteiger partial charge in [-0.05, 0) is 48.9 Å². The number of carbonyl (C=O) groups excluding carboxylic acids is 1. The Morgan fingerprint density at radius 1 is 0.971 bits per heavy atom. The summed E-state index contributed by atoms with van der Waals surface area (Å²) in [7, 11) is 0. The van der Waals surface area contributed by atoms with E-state index < -0.39 is 5.91 Å². The third-order valence-corrected chi connectivity index (χ3v) is 5.43. The Bertz CT molecular complexity index is 1170. The highest BCUT2D eigenvalue weighted by atomic mass is 79.9. The molecule has 0 bridgehead atoms. The molecule has 1 amide bonds. The predicted octanol–water partition coefficient (Wildman–Crippen LogP) is 5.46. The van der Waals surface area contributed by atoms with Gasteiger partial charge in [-0.15, -0.1) is 0 Å². The number of nitriles is 1. The molecule has 3 rings (SSSR count). The summed E-state index contributed by atoms with van der Waals surface area (Å²) in [5.74, 6) is 0.915. The van der Waals surface area contributed by atoms with Crippen LogP contribution in [0, 0.1) is 18.3 Å². The Morgan fingerprint density at radius 3 is 2.40 bits per heavy atom. The summed E-state index contributed by atoms with van der Waals surface area (Å²) >= 11 is 3.43. The fraction of sp³-hybridized carbons (Fsp3) is 0.214. The van der Waals surface area contributed by atoms with E-state index in [4.69, 9.17) is 14.2 Å². The number of halogens is 1. The number of carbonyl (C=O) groups is 1. The quantitative estimate of drug-likeness (QED) is 0.189. The van der Waals surface area contributed by atoms with E-state index in [1.807, 2.05) is 73.7 Å². The number of amides is 1. The van der Waals surface area contributed by atoms with Crippen LogP contribution < -0.4 is 14.8 Å². The Morgan fingerprint density at radius 2 is 1.69 bits per heavy atom. The van der Waals surface area contributed by atoms with Gasteiger partial charge in [0.2, 0.25) is 0 Å². The van der Waals surface area contributed by atoms with Crippen LogP contribution in [-0.4, -0.2) is 32.3 Å². The molecule has 0 aliphatic heterocycles. The third kappa shape index (κ3) is 8.93. The van der Waals surface area contributed by atoms with Crippen molar-refractivity contribution >= 4 is 27.9 Å². The van der Waals surface area contributed by atoms with Gasteiger partial charge in [-0.3, -0.25) is 4.79 Å². The van der Waals surface area contributed by atoms with E-state index >= 15 is 0 Å². The monoisotopic (exact) mass is 534 g/mol. The SMILES string of the molecule is Cc1ccc(OCCOCCOc2ccc(Br)cc2/C=C(\C#N)C(=O)NCc2ccccc2)cc1. The molecule has 0 aromatic heterocycles. The maximum atomic E-state index is 12.5. The standard InChI is InChI=1S/C28H27BrN2O4/c1-21-7-10-26(11-8-21)34-15-13-33-14-16-35-27-12-9-25(29)18-23(27)17-24(19-30)28(32)31-20-22-5-3-2-4-6-22/h2-12,17-18H,13-16,20H2,1H3,(H,31,32)/b24-17+. The number of aryl methyl sites for hydroxylation is 1. The van der Waals surface area contributed by atoms with Gasteiger partial charge >= 0.3 is 0 Å². The van der Waals surface area contributed by atoms with Crippen LogP contribution in [0.25, 0.3) is 6.08 Å². The van der Waals surface area contributed by atoms with Crippen molar-refractivity contribution in [2.75, 3.05) is 26.4 Å². The first-order valence-electron chi connectivity index (χ1n) is 11.2. The number of rotatable bonds is 12. The van der Waals surface area contributed by atoms with Crippen molar-refractivity contribution in [3.8, 4) is 17.6 Å². The van der Waals surface area contributed by atoms with E-state index in [2.05, 4.69) is 21.2 Å². The second-order valence-corrected chi connectivity index (χ2v) is 8.56. The molecule has 0 spiro atoms. The molecular weight excluding hydrogens is 508 g/mol. The zero-order chi connectivity index (χ0) is 24.9. The van der Waals surface area contributed by atoms with Crippen molar-refractivity contribution in [3.05, 3.63) is 99.5 Å². The van der Waals surface area contributed by atoms with Crippen molar-refractivity contribution in [3.63, 3.8) is 0 Å². The molecule has 7 heteroatoms. The van der Waals surface area contributed by atoms with Gasteiger partial charge in [0.1, 0.15) is 36.4 Å². The normalized spacial score (nSPS) is 10.9. The third-order valence-electron chi connectivity index (χ3n) is 4.94. The highest BCUT2D eigenvalue weighted by Gasteiger charge is 2.11. The van der Waals surface area contributed by atoms with E-state index in [0.717, 1.165) is 15.8 Å². The molecule has 0 radical (unpaired) electrons. The maximum absolute atomic E-state index is 12.5. The van der Waals surface area contributed by atoms with Gasteiger partial charge in [0.15, 0.2) is 0 Å². The molecule has 0 saturated heterocycles. The molecule has 35 heavy (non-hydrogen) atoms. The molecule has 0 saturated carbocycles. The van der Waals surface area contributed by atoms with Crippen molar-refractivity contribution in [2.45, 2.75) is 13.5 Å². The maximum Gasteiger partial charge on any atom is 0.262 e. The number of hydrogen-bond acceptors (Lipinski definition) is 5. The number of benzene rings is 3. The van der Waals surface area contributed by atoms with Gasteiger partial charge in [0.25, 0.3) is 5.91 Å². The predicted molar refractivity (Wildman–Crippen MR) is 139 cm³/mol. The van der Waals surface area contributed by atoms with Crippen molar-refractivity contribution in [1.29, 1.82) is 5.26 Å². The lowest BCUT2D eigenvalue weighted by Crippen LogP contribution is -2.23. The minimum absolute atomic E-state index is 0.00612. The van der Waals surface area contributed by atoms with E-state index in [1.54, 1.807) is 12.1 Å². The first-order chi connectivity index (χ1) is 17.0. The first kappa shape index (κ1) is 26.0. The second-order valence-electron chi connectivity index (χ2n) is 7.64. The Labute approximate surface area is 214 Å². The average Bonchev–Trinajstić information content (AvgIpc) is 2.88. The summed E-state index contributed by atoms with van der Waals surface area (Å²) < 4.78 is 17.9. The Kier molecular flexibility index (Phi) is 10.4. The van der Waals surface area contributed by atoms with Crippen molar-refractivity contribution in [2.24, 2.45) is 0 Å². The van der Waals surface area contributed by atoms with Crippen molar-refractivity contribution in [1.82, 2.24) is 5.32 Å². The van der Waals surface area contributed by atoms with Gasteiger partial charge < -0.3 is 19.5 Å². The molecule has 0 atom stereocenters. The van der Waals surface area contributed by atoms with Crippen LogP contribution in [0.4, 0.5) is 0 Å². The van der Waals surface area contributed by atoms with Gasteiger partial charge in [0, 0.05) is 16.6 Å². The molecule has 0 aliphatic carbocycles. The zero-order valence-corrected chi connectivity index (χ0v) is 21.1. The topological polar surface area (TPSA) is 80.6 Å². The first-order valence-corrected chi connectivity index (χ1v) is 12.0. The summed E-state index contributed by atoms with van der Waals surface area (Å²) in [6, 6.07) is 24.8. The van der Waals surface area contributed by atoms with Crippen molar-refractivity contribution < 1.29 is 19.0 Å².